The van der Waals surface area contributed by atoms with E-state index in [9.17, 15) is 19.8 Å². The summed E-state index contributed by atoms with van der Waals surface area (Å²) >= 11 is 0. The highest BCUT2D eigenvalue weighted by atomic mass is 16.5. The maximum absolute atomic E-state index is 12.5. The molecule has 1 aromatic rings. The van der Waals surface area contributed by atoms with E-state index in [1.165, 1.54) is 19.2 Å². The molecule has 0 bridgehead atoms. The molecule has 1 rings (SSSR count). The summed E-state index contributed by atoms with van der Waals surface area (Å²) in [5.41, 5.74) is 3.99. The second kappa shape index (κ2) is 7.28. The minimum Gasteiger partial charge on any atom is -0.481 e. The molecule has 3 atom stereocenters. The summed E-state index contributed by atoms with van der Waals surface area (Å²) in [6.07, 6.45) is -2.17. The monoisotopic (exact) mass is 297 g/mol. The fraction of sp³-hybridized carbons (Fsp3) is 0.429. The van der Waals surface area contributed by atoms with Crippen LogP contribution in [-0.4, -0.2) is 52.9 Å². The van der Waals surface area contributed by atoms with Crippen molar-refractivity contribution < 1.29 is 29.6 Å². The van der Waals surface area contributed by atoms with Crippen molar-refractivity contribution in [2.45, 2.75) is 24.2 Å². The number of nitrogens with two attached hydrogens (primary N) is 1. The predicted octanol–water partition coefficient (Wildman–Crippen LogP) is -0.747. The summed E-state index contributed by atoms with van der Waals surface area (Å²) in [6, 6.07) is 6.66. The molecule has 0 radical (unpaired) electrons. The lowest BCUT2D eigenvalue weighted by atomic mass is 9.80. The van der Waals surface area contributed by atoms with Crippen LogP contribution in [0.2, 0.25) is 0 Å². The number of hydrogen-bond donors (Lipinski definition) is 4. The second-order valence-electron chi connectivity index (χ2n) is 4.57. The van der Waals surface area contributed by atoms with Crippen LogP contribution in [0.3, 0.4) is 0 Å². The first kappa shape index (κ1) is 17.3. The fourth-order valence-electron chi connectivity index (χ4n) is 2.22. The van der Waals surface area contributed by atoms with Gasteiger partial charge in [0.25, 0.3) is 0 Å². The maximum Gasteiger partial charge on any atom is 0.305 e. The van der Waals surface area contributed by atoms with E-state index >= 15 is 0 Å². The largest absolute Gasteiger partial charge is 0.481 e. The standard InChI is InChI=1S/C14H19NO6/c1-21-14(11(17)8-16,9-5-3-2-4-6-9)13(20)10(15)7-12(18)19/h2-6,10-11,16-17H,7-8,15H2,1H3,(H,18,19)/t10-,11?,14?/m0/s1. The van der Waals surface area contributed by atoms with Crippen molar-refractivity contribution in [1.29, 1.82) is 0 Å². The van der Waals surface area contributed by atoms with Crippen LogP contribution in [0, 0.1) is 0 Å². The van der Waals surface area contributed by atoms with Gasteiger partial charge < -0.3 is 25.8 Å². The number of aliphatic hydroxyl groups is 2. The zero-order chi connectivity index (χ0) is 16.0. The minimum atomic E-state index is -1.91. The molecule has 7 heteroatoms. The lowest BCUT2D eigenvalue weighted by Gasteiger charge is -2.36. The zero-order valence-electron chi connectivity index (χ0n) is 11.6. The molecular formula is C14H19NO6. The molecule has 0 heterocycles. The number of benzene rings is 1. The van der Waals surface area contributed by atoms with E-state index in [2.05, 4.69) is 0 Å². The van der Waals surface area contributed by atoms with Gasteiger partial charge in [0.05, 0.1) is 19.1 Å². The summed E-state index contributed by atoms with van der Waals surface area (Å²) in [5, 5.41) is 28.1. The van der Waals surface area contributed by atoms with Gasteiger partial charge in [-0.15, -0.1) is 0 Å². The third-order valence-electron chi connectivity index (χ3n) is 3.26. The number of ketones is 1. The number of methoxy groups -OCH3 is 1. The molecule has 0 aliphatic carbocycles. The number of carbonyl (C=O) groups excluding carboxylic acids is 1. The Balaban J connectivity index is 3.31. The highest BCUT2D eigenvalue weighted by molar-refractivity contribution is 5.95. The van der Waals surface area contributed by atoms with Crippen molar-refractivity contribution in [2.75, 3.05) is 13.7 Å². The van der Waals surface area contributed by atoms with Gasteiger partial charge >= 0.3 is 5.97 Å². The van der Waals surface area contributed by atoms with Crippen molar-refractivity contribution in [3.63, 3.8) is 0 Å². The molecule has 7 nitrogen and oxygen atoms in total. The molecule has 0 aliphatic heterocycles. The Labute approximate surface area is 122 Å². The number of ether oxygens (including phenoxy) is 1. The van der Waals surface area contributed by atoms with Crippen molar-refractivity contribution in [2.24, 2.45) is 5.73 Å². The number of rotatable bonds is 8. The summed E-state index contributed by atoms with van der Waals surface area (Å²) in [4.78, 5) is 23.3. The molecule has 116 valence electrons. The van der Waals surface area contributed by atoms with Gasteiger partial charge in [-0.05, 0) is 5.56 Å². The topological polar surface area (TPSA) is 130 Å². The van der Waals surface area contributed by atoms with Gasteiger partial charge in [0.2, 0.25) is 0 Å². The molecule has 0 aromatic heterocycles. The highest BCUT2D eigenvalue weighted by Gasteiger charge is 2.49. The Bertz CT molecular complexity index is 491. The van der Waals surface area contributed by atoms with Crippen LogP contribution < -0.4 is 5.73 Å². The molecule has 0 spiro atoms. The summed E-state index contributed by atoms with van der Waals surface area (Å²) in [6.45, 7) is -0.742. The first-order chi connectivity index (χ1) is 9.90. The Hall–Kier alpha value is -1.80. The van der Waals surface area contributed by atoms with Gasteiger partial charge in [0.15, 0.2) is 11.4 Å². The molecule has 5 N–H and O–H groups in total. The first-order valence-corrected chi connectivity index (χ1v) is 6.31. The van der Waals surface area contributed by atoms with E-state index in [-0.39, 0.29) is 0 Å². The van der Waals surface area contributed by atoms with E-state index in [4.69, 9.17) is 15.6 Å². The SMILES string of the molecule is COC(C(=O)[C@@H](N)CC(=O)O)(c1ccccc1)C(O)CO. The van der Waals surface area contributed by atoms with Gasteiger partial charge in [-0.3, -0.25) is 9.59 Å². The van der Waals surface area contributed by atoms with Crippen LogP contribution in [0.25, 0.3) is 0 Å². The Kier molecular flexibility index (Phi) is 5.98. The number of aliphatic hydroxyl groups excluding tert-OH is 2. The van der Waals surface area contributed by atoms with Gasteiger partial charge in [-0.2, -0.15) is 0 Å². The summed E-state index contributed by atoms with van der Waals surface area (Å²) in [5.74, 6) is -2.05. The van der Waals surface area contributed by atoms with Crippen molar-refractivity contribution >= 4 is 11.8 Å². The predicted molar refractivity (Wildman–Crippen MR) is 73.5 cm³/mol. The van der Waals surface area contributed by atoms with Gasteiger partial charge in [-0.1, -0.05) is 30.3 Å². The summed E-state index contributed by atoms with van der Waals surface area (Å²) in [7, 11) is 1.19. The van der Waals surface area contributed by atoms with Crippen LogP contribution >= 0.6 is 0 Å². The van der Waals surface area contributed by atoms with Crippen LogP contribution in [0.5, 0.6) is 0 Å². The number of carboxylic acid groups (broad SMARTS) is 1. The molecule has 21 heavy (non-hydrogen) atoms. The normalized spacial score (nSPS) is 16.8. The van der Waals surface area contributed by atoms with Gasteiger partial charge in [0.1, 0.15) is 6.10 Å². The lowest BCUT2D eigenvalue weighted by Crippen LogP contribution is -2.56. The molecule has 0 saturated heterocycles. The molecule has 0 aliphatic rings. The molecule has 2 unspecified atom stereocenters. The molecule has 0 saturated carbocycles. The smallest absolute Gasteiger partial charge is 0.305 e. The number of Topliss-reactive ketones (excluding diaryl/α,β-unsaturated/α-hetero) is 1. The van der Waals surface area contributed by atoms with Crippen LogP contribution in [0.1, 0.15) is 12.0 Å². The van der Waals surface area contributed by atoms with Crippen molar-refractivity contribution in [3.8, 4) is 0 Å². The first-order valence-electron chi connectivity index (χ1n) is 6.31. The van der Waals surface area contributed by atoms with E-state index in [0.717, 1.165) is 0 Å². The molecular weight excluding hydrogens is 278 g/mol. The highest BCUT2D eigenvalue weighted by Crippen LogP contribution is 2.31. The van der Waals surface area contributed by atoms with Crippen molar-refractivity contribution in [3.05, 3.63) is 35.9 Å². The lowest BCUT2D eigenvalue weighted by molar-refractivity contribution is -0.166. The molecule has 1 aromatic carbocycles. The van der Waals surface area contributed by atoms with E-state index < -0.39 is 42.5 Å². The third-order valence-corrected chi connectivity index (χ3v) is 3.26. The molecule has 0 amide bonds. The van der Waals surface area contributed by atoms with Crippen molar-refractivity contribution in [1.82, 2.24) is 0 Å². The molecule has 0 fully saturated rings. The Morgan fingerprint density at radius 3 is 2.33 bits per heavy atom. The van der Waals surface area contributed by atoms with E-state index in [0.29, 0.717) is 5.56 Å². The van der Waals surface area contributed by atoms with Crippen LogP contribution in [0.15, 0.2) is 30.3 Å². The Morgan fingerprint density at radius 2 is 1.90 bits per heavy atom. The zero-order valence-corrected chi connectivity index (χ0v) is 11.6. The Morgan fingerprint density at radius 1 is 1.33 bits per heavy atom. The third kappa shape index (κ3) is 3.45. The average Bonchev–Trinajstić information content (AvgIpc) is 2.48. The van der Waals surface area contributed by atoms with Gasteiger partial charge in [0, 0.05) is 7.11 Å². The second-order valence-corrected chi connectivity index (χ2v) is 4.57. The average molecular weight is 297 g/mol. The maximum atomic E-state index is 12.5. The van der Waals surface area contributed by atoms with E-state index in [1.54, 1.807) is 18.2 Å². The number of carboxylic acids is 1. The summed E-state index contributed by atoms with van der Waals surface area (Å²) < 4.78 is 5.21. The van der Waals surface area contributed by atoms with Crippen LogP contribution in [0.4, 0.5) is 0 Å². The number of aliphatic carboxylic acids is 1. The number of hydrogen-bond acceptors (Lipinski definition) is 6. The fourth-order valence-corrected chi connectivity index (χ4v) is 2.22. The van der Waals surface area contributed by atoms with E-state index in [1.807, 2.05) is 0 Å². The van der Waals surface area contributed by atoms with Crippen LogP contribution in [-0.2, 0) is 19.9 Å². The number of carbonyl (C=O) groups is 2. The minimum absolute atomic E-state index is 0.292. The van der Waals surface area contributed by atoms with Gasteiger partial charge in [-0.25, -0.2) is 0 Å². The quantitative estimate of drug-likeness (QED) is 0.497.